The Kier molecular flexibility index (Phi) is 5.24. The Morgan fingerprint density at radius 2 is 2.04 bits per heavy atom. The number of hydrogen-bond acceptors (Lipinski definition) is 4. The molecule has 2 heterocycles. The Morgan fingerprint density at radius 3 is 2.71 bits per heavy atom. The predicted molar refractivity (Wildman–Crippen MR) is 90.6 cm³/mol. The van der Waals surface area contributed by atoms with E-state index in [4.69, 9.17) is 4.74 Å². The smallest absolute Gasteiger partial charge is 0.208 e. The zero-order valence-electron chi connectivity index (χ0n) is 14.0. The van der Waals surface area contributed by atoms with Crippen molar-refractivity contribution in [3.8, 4) is 0 Å². The van der Waals surface area contributed by atoms with Gasteiger partial charge < -0.3 is 4.74 Å². The lowest BCUT2D eigenvalue weighted by atomic mass is 9.82. The molecule has 0 aliphatic carbocycles. The molecule has 1 spiro atoms. The van der Waals surface area contributed by atoms with Gasteiger partial charge in [-0.2, -0.15) is 0 Å². The van der Waals surface area contributed by atoms with Crippen LogP contribution in [0.5, 0.6) is 0 Å². The molecule has 7 heteroatoms. The van der Waals surface area contributed by atoms with Crippen LogP contribution in [0.15, 0.2) is 24.3 Å². The summed E-state index contributed by atoms with van der Waals surface area (Å²) in [5.74, 6) is -0.163. The van der Waals surface area contributed by atoms with E-state index in [-0.39, 0.29) is 17.5 Å². The minimum atomic E-state index is -3.19. The number of hydrogen-bond donors (Lipinski definition) is 1. The van der Waals surface area contributed by atoms with Crippen LogP contribution >= 0.6 is 0 Å². The summed E-state index contributed by atoms with van der Waals surface area (Å²) in [6, 6.07) is 6.83. The van der Waals surface area contributed by atoms with E-state index in [0.717, 1.165) is 31.5 Å². The number of halogens is 1. The Balaban J connectivity index is 1.57. The minimum absolute atomic E-state index is 0.0492. The van der Waals surface area contributed by atoms with Gasteiger partial charge in [-0.1, -0.05) is 18.2 Å². The molecule has 2 aliphatic heterocycles. The Bertz CT molecular complexity index is 672. The summed E-state index contributed by atoms with van der Waals surface area (Å²) < 4.78 is 45.5. The van der Waals surface area contributed by atoms with Crippen LogP contribution < -0.4 is 4.72 Å². The van der Waals surface area contributed by atoms with Crippen LogP contribution in [0.25, 0.3) is 0 Å². The molecule has 0 saturated carbocycles. The van der Waals surface area contributed by atoms with Crippen LogP contribution in [0.3, 0.4) is 0 Å². The summed E-state index contributed by atoms with van der Waals surface area (Å²) in [6.45, 7) is 2.86. The molecule has 5 nitrogen and oxygen atoms in total. The topological polar surface area (TPSA) is 58.6 Å². The summed E-state index contributed by atoms with van der Waals surface area (Å²) in [7, 11) is -3.19. The molecule has 1 unspecified atom stereocenters. The lowest BCUT2D eigenvalue weighted by molar-refractivity contribution is -0.118. The van der Waals surface area contributed by atoms with Crippen LogP contribution in [0.1, 0.15) is 31.2 Å². The summed E-state index contributed by atoms with van der Waals surface area (Å²) in [5, 5.41) is 0. The Hall–Kier alpha value is -1.02. The summed E-state index contributed by atoms with van der Waals surface area (Å²) in [5.41, 5.74) is 0.474. The van der Waals surface area contributed by atoms with Crippen LogP contribution in [0.2, 0.25) is 0 Å². The predicted octanol–water partition coefficient (Wildman–Crippen LogP) is 1.89. The van der Waals surface area contributed by atoms with E-state index in [9.17, 15) is 12.8 Å². The molecule has 3 rings (SSSR count). The fourth-order valence-corrected chi connectivity index (χ4v) is 4.57. The van der Waals surface area contributed by atoms with Crippen molar-refractivity contribution >= 4 is 10.0 Å². The second-order valence-corrected chi connectivity index (χ2v) is 8.76. The molecule has 0 aromatic heterocycles. The van der Waals surface area contributed by atoms with Gasteiger partial charge in [0, 0.05) is 37.8 Å². The SMILES string of the molecule is CS(=O)(=O)NC1CCOC2(CCN(Cc3ccccc3F)CC2)C1. The lowest BCUT2D eigenvalue weighted by Crippen LogP contribution is -2.53. The highest BCUT2D eigenvalue weighted by atomic mass is 32.2. The number of nitrogens with one attached hydrogen (secondary N) is 1. The van der Waals surface area contributed by atoms with Crippen molar-refractivity contribution in [2.45, 2.75) is 43.9 Å². The van der Waals surface area contributed by atoms with E-state index in [2.05, 4.69) is 9.62 Å². The average Bonchev–Trinajstić information content (AvgIpc) is 2.50. The molecule has 0 radical (unpaired) electrons. The lowest BCUT2D eigenvalue weighted by Gasteiger charge is -2.46. The fraction of sp³-hybridized carbons (Fsp3) is 0.647. The third-order valence-electron chi connectivity index (χ3n) is 4.99. The first kappa shape index (κ1) is 17.8. The maximum atomic E-state index is 13.8. The van der Waals surface area contributed by atoms with E-state index >= 15 is 0 Å². The van der Waals surface area contributed by atoms with Gasteiger partial charge in [0.15, 0.2) is 0 Å². The van der Waals surface area contributed by atoms with Crippen LogP contribution in [-0.4, -0.2) is 50.9 Å². The van der Waals surface area contributed by atoms with E-state index in [0.29, 0.717) is 26.0 Å². The van der Waals surface area contributed by atoms with Crippen molar-refractivity contribution in [3.63, 3.8) is 0 Å². The standard InChI is InChI=1S/C17H25FN2O3S/c1-24(21,22)19-15-6-11-23-17(12-15)7-9-20(10-8-17)13-14-4-2-3-5-16(14)18/h2-5,15,19H,6-13H2,1H3. The second-order valence-electron chi connectivity index (χ2n) is 6.98. The summed E-state index contributed by atoms with van der Waals surface area (Å²) in [4.78, 5) is 2.24. The summed E-state index contributed by atoms with van der Waals surface area (Å²) in [6.07, 6.45) is 4.33. The van der Waals surface area contributed by atoms with Crippen molar-refractivity contribution in [3.05, 3.63) is 35.6 Å². The molecule has 1 atom stereocenters. The Morgan fingerprint density at radius 1 is 1.33 bits per heavy atom. The molecule has 24 heavy (non-hydrogen) atoms. The van der Waals surface area contributed by atoms with Gasteiger partial charge >= 0.3 is 0 Å². The maximum Gasteiger partial charge on any atom is 0.208 e. The summed E-state index contributed by atoms with van der Waals surface area (Å²) >= 11 is 0. The van der Waals surface area contributed by atoms with Crippen molar-refractivity contribution in [2.24, 2.45) is 0 Å². The van der Waals surface area contributed by atoms with Gasteiger partial charge in [-0.25, -0.2) is 17.5 Å². The van der Waals surface area contributed by atoms with Crippen molar-refractivity contribution in [2.75, 3.05) is 26.0 Å². The average molecular weight is 356 g/mol. The number of nitrogens with zero attached hydrogens (tertiary/aromatic N) is 1. The van der Waals surface area contributed by atoms with Gasteiger partial charge in [0.2, 0.25) is 10.0 Å². The van der Waals surface area contributed by atoms with Gasteiger partial charge in [-0.3, -0.25) is 4.90 Å². The van der Waals surface area contributed by atoms with Crippen molar-refractivity contribution in [1.82, 2.24) is 9.62 Å². The first-order chi connectivity index (χ1) is 11.4. The zero-order valence-corrected chi connectivity index (χ0v) is 14.8. The quantitative estimate of drug-likeness (QED) is 0.895. The second kappa shape index (κ2) is 7.07. The highest BCUT2D eigenvalue weighted by molar-refractivity contribution is 7.88. The molecular weight excluding hydrogens is 331 g/mol. The third kappa shape index (κ3) is 4.53. The molecule has 134 valence electrons. The van der Waals surface area contributed by atoms with Crippen molar-refractivity contribution < 1.29 is 17.5 Å². The minimum Gasteiger partial charge on any atom is -0.375 e. The van der Waals surface area contributed by atoms with E-state index < -0.39 is 10.0 Å². The largest absolute Gasteiger partial charge is 0.375 e. The molecule has 1 N–H and O–H groups in total. The van der Waals surface area contributed by atoms with Crippen LogP contribution in [0, 0.1) is 5.82 Å². The van der Waals surface area contributed by atoms with E-state index in [1.54, 1.807) is 6.07 Å². The van der Waals surface area contributed by atoms with Gasteiger partial charge in [0.1, 0.15) is 5.82 Å². The number of ether oxygens (including phenoxy) is 1. The van der Waals surface area contributed by atoms with Crippen molar-refractivity contribution in [1.29, 1.82) is 0 Å². The zero-order chi connectivity index (χ0) is 17.2. The third-order valence-corrected chi connectivity index (χ3v) is 5.75. The molecule has 1 aromatic rings. The molecule has 1 aromatic carbocycles. The Labute approximate surface area is 143 Å². The molecule has 2 saturated heterocycles. The van der Waals surface area contributed by atoms with Gasteiger partial charge in [0.25, 0.3) is 0 Å². The fourth-order valence-electron chi connectivity index (χ4n) is 3.77. The monoisotopic (exact) mass is 356 g/mol. The number of likely N-dealkylation sites (tertiary alicyclic amines) is 1. The maximum absolute atomic E-state index is 13.8. The molecular formula is C17H25FN2O3S. The highest BCUT2D eigenvalue weighted by Crippen LogP contribution is 2.35. The molecule has 0 bridgehead atoms. The van der Waals surface area contributed by atoms with E-state index in [1.165, 1.54) is 12.3 Å². The molecule has 2 fully saturated rings. The first-order valence-electron chi connectivity index (χ1n) is 8.42. The van der Waals surface area contributed by atoms with Gasteiger partial charge in [-0.15, -0.1) is 0 Å². The normalized spacial score (nSPS) is 25.0. The van der Waals surface area contributed by atoms with Gasteiger partial charge in [0.05, 0.1) is 11.9 Å². The number of piperidine rings is 1. The van der Waals surface area contributed by atoms with Crippen LogP contribution in [0.4, 0.5) is 4.39 Å². The van der Waals surface area contributed by atoms with E-state index in [1.807, 2.05) is 12.1 Å². The number of benzene rings is 1. The van der Waals surface area contributed by atoms with Crippen LogP contribution in [-0.2, 0) is 21.3 Å². The first-order valence-corrected chi connectivity index (χ1v) is 10.3. The molecule has 0 amide bonds. The number of sulfonamides is 1. The highest BCUT2D eigenvalue weighted by Gasteiger charge is 2.40. The van der Waals surface area contributed by atoms with Gasteiger partial charge in [-0.05, 0) is 31.7 Å². The molecule has 2 aliphatic rings. The number of rotatable bonds is 4.